The van der Waals surface area contributed by atoms with Gasteiger partial charge in [-0.15, -0.1) is 13.2 Å². The maximum Gasteiger partial charge on any atom is 0.573 e. The fourth-order valence-electron chi connectivity index (χ4n) is 2.99. The lowest BCUT2D eigenvalue weighted by atomic mass is 10.1. The van der Waals surface area contributed by atoms with Crippen LogP contribution < -0.4 is 16.0 Å². The first-order chi connectivity index (χ1) is 14.0. The summed E-state index contributed by atoms with van der Waals surface area (Å²) in [5.74, 6) is -0.979. The summed E-state index contributed by atoms with van der Waals surface area (Å²) in [7, 11) is 4.15. The molecule has 3 aromatic rings. The van der Waals surface area contributed by atoms with Gasteiger partial charge < -0.3 is 9.64 Å². The SMILES string of the molecule is CN(Cc1ccccc1OC(F)(F)F)C(=O)c1cnc2c(c1)c(=O)n(C)c(=O)n2C. The summed E-state index contributed by atoms with van der Waals surface area (Å²) in [6.45, 7) is -0.172. The van der Waals surface area contributed by atoms with Crippen LogP contribution in [-0.2, 0) is 20.6 Å². The summed E-state index contributed by atoms with van der Waals surface area (Å²) in [5.41, 5.74) is -0.849. The third kappa shape index (κ3) is 4.04. The Kier molecular flexibility index (Phi) is 5.38. The van der Waals surface area contributed by atoms with Crippen LogP contribution in [0, 0.1) is 0 Å². The van der Waals surface area contributed by atoms with Crippen molar-refractivity contribution < 1.29 is 22.7 Å². The second-order valence-corrected chi connectivity index (χ2v) is 6.62. The number of ether oxygens (including phenoxy) is 1. The van der Waals surface area contributed by atoms with Crippen molar-refractivity contribution in [3.63, 3.8) is 0 Å². The average Bonchev–Trinajstić information content (AvgIpc) is 2.70. The summed E-state index contributed by atoms with van der Waals surface area (Å²) >= 11 is 0. The summed E-state index contributed by atoms with van der Waals surface area (Å²) in [5, 5.41) is 0.0691. The van der Waals surface area contributed by atoms with Crippen molar-refractivity contribution in [1.82, 2.24) is 19.0 Å². The highest BCUT2D eigenvalue weighted by Crippen LogP contribution is 2.27. The van der Waals surface area contributed by atoms with Crippen molar-refractivity contribution in [2.45, 2.75) is 12.9 Å². The molecule has 0 atom stereocenters. The minimum atomic E-state index is -4.86. The summed E-state index contributed by atoms with van der Waals surface area (Å²) < 4.78 is 43.9. The van der Waals surface area contributed by atoms with E-state index >= 15 is 0 Å². The van der Waals surface area contributed by atoms with E-state index in [4.69, 9.17) is 0 Å². The average molecular weight is 422 g/mol. The third-order valence-electron chi connectivity index (χ3n) is 4.49. The van der Waals surface area contributed by atoms with E-state index in [-0.39, 0.29) is 28.7 Å². The van der Waals surface area contributed by atoms with Gasteiger partial charge in [0, 0.05) is 39.4 Å². The number of aryl methyl sites for hydroxylation is 1. The van der Waals surface area contributed by atoms with Gasteiger partial charge in [0.2, 0.25) is 0 Å². The van der Waals surface area contributed by atoms with Crippen LogP contribution in [0.5, 0.6) is 5.75 Å². The van der Waals surface area contributed by atoms with Crippen molar-refractivity contribution in [2.75, 3.05) is 7.05 Å². The lowest BCUT2D eigenvalue weighted by Gasteiger charge is -2.20. The zero-order chi connectivity index (χ0) is 22.2. The van der Waals surface area contributed by atoms with Gasteiger partial charge in [0.15, 0.2) is 0 Å². The molecule has 158 valence electrons. The molecular formula is C19H17F3N4O4. The molecule has 0 saturated carbocycles. The van der Waals surface area contributed by atoms with Crippen molar-refractivity contribution in [3.05, 3.63) is 68.5 Å². The molecule has 0 N–H and O–H groups in total. The number of pyridine rings is 1. The van der Waals surface area contributed by atoms with Gasteiger partial charge in [0.05, 0.1) is 10.9 Å². The first-order valence-electron chi connectivity index (χ1n) is 8.64. The molecule has 11 heteroatoms. The van der Waals surface area contributed by atoms with E-state index in [0.717, 1.165) is 10.6 Å². The Balaban J connectivity index is 1.93. The normalized spacial score (nSPS) is 11.5. The Morgan fingerprint density at radius 3 is 2.50 bits per heavy atom. The molecule has 30 heavy (non-hydrogen) atoms. The van der Waals surface area contributed by atoms with E-state index in [9.17, 15) is 27.6 Å². The molecule has 0 aliphatic heterocycles. The number of carbonyl (C=O) groups excluding carboxylic acids is 1. The maximum absolute atomic E-state index is 12.8. The Morgan fingerprint density at radius 2 is 1.83 bits per heavy atom. The predicted molar refractivity (Wildman–Crippen MR) is 101 cm³/mol. The molecule has 1 amide bonds. The minimum Gasteiger partial charge on any atom is -0.405 e. The van der Waals surface area contributed by atoms with Crippen molar-refractivity contribution >= 4 is 16.9 Å². The lowest BCUT2D eigenvalue weighted by molar-refractivity contribution is -0.275. The second kappa shape index (κ2) is 7.65. The fourth-order valence-corrected chi connectivity index (χ4v) is 2.99. The van der Waals surface area contributed by atoms with E-state index in [1.807, 2.05) is 0 Å². The van der Waals surface area contributed by atoms with E-state index in [1.165, 1.54) is 61.1 Å². The molecule has 0 unspecified atom stereocenters. The van der Waals surface area contributed by atoms with Gasteiger partial charge in [0.25, 0.3) is 11.5 Å². The van der Waals surface area contributed by atoms with E-state index < -0.39 is 29.3 Å². The highest BCUT2D eigenvalue weighted by molar-refractivity contribution is 5.96. The molecule has 0 saturated heterocycles. The second-order valence-electron chi connectivity index (χ2n) is 6.62. The topological polar surface area (TPSA) is 86.4 Å². The number of nitrogens with zero attached hydrogens (tertiary/aromatic N) is 4. The number of fused-ring (bicyclic) bond motifs is 1. The largest absolute Gasteiger partial charge is 0.573 e. The number of para-hydroxylation sites is 1. The molecule has 8 nitrogen and oxygen atoms in total. The first-order valence-corrected chi connectivity index (χ1v) is 8.64. The monoisotopic (exact) mass is 422 g/mol. The van der Waals surface area contributed by atoms with Gasteiger partial charge in [-0.1, -0.05) is 18.2 Å². The number of amides is 1. The van der Waals surface area contributed by atoms with Crippen molar-refractivity contribution in [1.29, 1.82) is 0 Å². The molecule has 0 radical (unpaired) electrons. The lowest BCUT2D eigenvalue weighted by Crippen LogP contribution is -2.37. The number of hydrogen-bond donors (Lipinski definition) is 0. The van der Waals surface area contributed by atoms with Crippen molar-refractivity contribution in [3.8, 4) is 5.75 Å². The van der Waals surface area contributed by atoms with E-state index in [0.29, 0.717) is 0 Å². The molecule has 0 bridgehead atoms. The number of hydrogen-bond acceptors (Lipinski definition) is 5. The predicted octanol–water partition coefficient (Wildman–Crippen LogP) is 1.80. The molecule has 1 aromatic carbocycles. The van der Waals surface area contributed by atoms with Gasteiger partial charge in [-0.3, -0.25) is 18.7 Å². The molecule has 0 aliphatic rings. The molecule has 0 aliphatic carbocycles. The Bertz CT molecular complexity index is 1250. The van der Waals surface area contributed by atoms with Crippen LogP contribution in [0.25, 0.3) is 11.0 Å². The van der Waals surface area contributed by atoms with E-state index in [2.05, 4.69) is 9.72 Å². The van der Waals surface area contributed by atoms with Crippen LogP contribution in [0.15, 0.2) is 46.1 Å². The van der Waals surface area contributed by atoms with Crippen LogP contribution in [0.1, 0.15) is 15.9 Å². The number of rotatable bonds is 4. The highest BCUT2D eigenvalue weighted by Gasteiger charge is 2.32. The third-order valence-corrected chi connectivity index (χ3v) is 4.49. The molecule has 0 spiro atoms. The van der Waals surface area contributed by atoms with Crippen LogP contribution in [0.4, 0.5) is 13.2 Å². The molecule has 2 heterocycles. The van der Waals surface area contributed by atoms with Crippen LogP contribution in [0.2, 0.25) is 0 Å². The van der Waals surface area contributed by atoms with Crippen LogP contribution >= 0.6 is 0 Å². The van der Waals surface area contributed by atoms with Crippen molar-refractivity contribution in [2.24, 2.45) is 14.1 Å². The van der Waals surface area contributed by atoms with Crippen LogP contribution in [0.3, 0.4) is 0 Å². The quantitative estimate of drug-likeness (QED) is 0.640. The van der Waals surface area contributed by atoms with Crippen LogP contribution in [-0.4, -0.2) is 38.3 Å². The summed E-state index contributed by atoms with van der Waals surface area (Å²) in [4.78, 5) is 42.4. The molecule has 2 aromatic heterocycles. The standard InChI is InChI=1S/C19H17F3N4O4/c1-24(10-11-6-4-5-7-14(11)30-19(20,21)22)16(27)12-8-13-15(23-9-12)25(2)18(29)26(3)17(13)28/h4-9H,10H2,1-3H3. The first kappa shape index (κ1) is 21.1. The van der Waals surface area contributed by atoms with Gasteiger partial charge in [-0.05, 0) is 12.1 Å². The zero-order valence-electron chi connectivity index (χ0n) is 16.2. The number of carbonyl (C=O) groups is 1. The Hall–Kier alpha value is -3.63. The number of aromatic nitrogens is 3. The zero-order valence-corrected chi connectivity index (χ0v) is 16.2. The maximum atomic E-state index is 12.8. The molecule has 0 fully saturated rings. The number of halogens is 3. The number of benzene rings is 1. The smallest absolute Gasteiger partial charge is 0.405 e. The molecule has 3 rings (SSSR count). The van der Waals surface area contributed by atoms with Gasteiger partial charge in [-0.2, -0.15) is 0 Å². The fraction of sp³-hybridized carbons (Fsp3) is 0.263. The van der Waals surface area contributed by atoms with Gasteiger partial charge >= 0.3 is 12.1 Å². The van der Waals surface area contributed by atoms with E-state index in [1.54, 1.807) is 0 Å². The summed E-state index contributed by atoms with van der Waals surface area (Å²) in [6, 6.07) is 6.79. The Morgan fingerprint density at radius 1 is 1.17 bits per heavy atom. The highest BCUT2D eigenvalue weighted by atomic mass is 19.4. The minimum absolute atomic E-state index is 0.0509. The molecular weight excluding hydrogens is 405 g/mol. The van der Waals surface area contributed by atoms with Gasteiger partial charge in [-0.25, -0.2) is 9.78 Å². The summed E-state index contributed by atoms with van der Waals surface area (Å²) in [6.07, 6.45) is -3.66. The number of alkyl halides is 3. The van der Waals surface area contributed by atoms with Gasteiger partial charge in [0.1, 0.15) is 11.4 Å². The Labute approximate surface area is 167 Å².